The highest BCUT2D eigenvalue weighted by molar-refractivity contribution is 7.98. The van der Waals surface area contributed by atoms with Crippen molar-refractivity contribution in [3.05, 3.63) is 112 Å². The summed E-state index contributed by atoms with van der Waals surface area (Å²) < 4.78 is 172. The molecule has 0 unspecified atom stereocenters. The van der Waals surface area contributed by atoms with Gasteiger partial charge in [-0.15, -0.1) is 32.2 Å². The lowest BCUT2D eigenvalue weighted by molar-refractivity contribution is 0.478. The lowest BCUT2D eigenvalue weighted by Gasteiger charge is -2.16. The number of nitrogens with one attached hydrogen (secondary N) is 2. The number of thiophene rings is 1. The second kappa shape index (κ2) is 20.6. The molecule has 24 nitrogen and oxygen atoms in total. The van der Waals surface area contributed by atoms with E-state index in [0.29, 0.717) is 35.1 Å². The Balaban J connectivity index is 1.44. The number of halogens is 2. The van der Waals surface area contributed by atoms with E-state index in [-0.39, 0.29) is 71.0 Å². The summed E-state index contributed by atoms with van der Waals surface area (Å²) in [6.07, 6.45) is 1.80. The molecule has 0 fully saturated rings. The van der Waals surface area contributed by atoms with E-state index in [2.05, 4.69) is 36.1 Å². The smallest absolute Gasteiger partial charge is 0.296 e. The molecule has 0 saturated carbocycles. The summed E-state index contributed by atoms with van der Waals surface area (Å²) in [6.45, 7) is 1.39. The van der Waals surface area contributed by atoms with Gasteiger partial charge in [-0.1, -0.05) is 46.7 Å². The number of hydrogen-bond donors (Lipinski definition) is 7. The molecule has 5 aromatic carbocycles. The molecule has 0 aliphatic heterocycles. The summed E-state index contributed by atoms with van der Waals surface area (Å²) in [5.41, 5.74) is -0.906. The van der Waals surface area contributed by atoms with Crippen molar-refractivity contribution < 1.29 is 64.9 Å². The Bertz CT molecular complexity index is 4280. The molecular formula is C41H27Cl2N9O15S7. The molecule has 0 aliphatic carbocycles. The standard InChI is InChI=1S/C41H27Cl2N9O15S7/c1-19-28(17-44)38(46-21-5-9-30(42)34(12-21)73(62,63)64)48-39(47-22-6-10-31(43)35(13-22)74(65,66)67)37(19)50-51-40-29(18-45)36(20-3-7-24(68-2)8-4-20)41(69-40)52-49-23-11-26-27(32(14-23)71(56,57)58)15-25(70(53,54)55)16-33(26)72(59,60)61/h3-16H,1-2H3,(H2,46,47,48)(H,53,54,55)(H,56,57,58)(H,59,60,61)(H,62,63,64)(H,65,66,67)/b51-50?,52-49+. The SMILES string of the molecule is CSc1ccc(-c2c(/N=N/c3cc(S(=O)(=O)O)c4cc(S(=O)(=O)O)cc(S(=O)(=O)O)c4c3)sc(N=Nc3c(Nc4ccc(Cl)c(S(=O)(=O)O)c4)nc(Nc4ccc(Cl)c(S(=O)(=O)O)c4)c(C#N)c3C)c2C#N)cc1. The summed E-state index contributed by atoms with van der Waals surface area (Å²) in [5.74, 6) is -0.554. The topological polar surface area (TPSA) is 406 Å². The van der Waals surface area contributed by atoms with Gasteiger partial charge in [-0.25, -0.2) is 4.98 Å². The molecule has 0 amide bonds. The predicted molar refractivity (Wildman–Crippen MR) is 271 cm³/mol. The van der Waals surface area contributed by atoms with Gasteiger partial charge in [0, 0.05) is 38.2 Å². The average molecular weight is 1180 g/mol. The van der Waals surface area contributed by atoms with Crippen LogP contribution >= 0.6 is 46.3 Å². The van der Waals surface area contributed by atoms with Crippen LogP contribution in [-0.4, -0.2) is 76.1 Å². The lowest BCUT2D eigenvalue weighted by atomic mass is 10.0. The van der Waals surface area contributed by atoms with Crippen LogP contribution in [-0.2, 0) is 50.6 Å². The Morgan fingerprint density at radius 1 is 0.581 bits per heavy atom. The third-order valence-electron chi connectivity index (χ3n) is 10.1. The number of benzene rings is 5. The molecule has 33 heteroatoms. The Morgan fingerprint density at radius 3 is 1.58 bits per heavy atom. The van der Waals surface area contributed by atoms with Gasteiger partial charge in [0.2, 0.25) is 0 Å². The fraction of sp³-hybridized carbons (Fsp3) is 0.0488. The van der Waals surface area contributed by atoms with Gasteiger partial charge in [-0.05, 0) is 91.5 Å². The highest BCUT2D eigenvalue weighted by Gasteiger charge is 2.28. The van der Waals surface area contributed by atoms with Gasteiger partial charge < -0.3 is 10.6 Å². The van der Waals surface area contributed by atoms with Crippen molar-refractivity contribution in [3.63, 3.8) is 0 Å². The lowest BCUT2D eigenvalue weighted by Crippen LogP contribution is -2.07. The van der Waals surface area contributed by atoms with Gasteiger partial charge in [0.25, 0.3) is 50.6 Å². The van der Waals surface area contributed by atoms with Gasteiger partial charge in [0.05, 0.1) is 26.2 Å². The van der Waals surface area contributed by atoms with E-state index >= 15 is 0 Å². The first-order valence-corrected chi connectivity index (χ1v) is 29.5. The number of fused-ring (bicyclic) bond motifs is 1. The molecule has 2 heterocycles. The zero-order valence-electron chi connectivity index (χ0n) is 36.6. The Hall–Kier alpha value is -6.53. The molecular weight excluding hydrogens is 1150 g/mol. The average Bonchev–Trinajstić information content (AvgIpc) is 3.66. The van der Waals surface area contributed by atoms with Gasteiger partial charge >= 0.3 is 0 Å². The van der Waals surface area contributed by atoms with Crippen molar-refractivity contribution in [1.29, 1.82) is 10.5 Å². The number of aromatic nitrogens is 1. The number of nitrogens with zero attached hydrogens (tertiary/aromatic N) is 7. The number of hydrogen-bond acceptors (Lipinski definition) is 21. The van der Waals surface area contributed by atoms with Crippen LogP contribution in [0.4, 0.5) is 44.4 Å². The van der Waals surface area contributed by atoms with Crippen molar-refractivity contribution in [2.75, 3.05) is 16.9 Å². The van der Waals surface area contributed by atoms with Crippen LogP contribution in [0.25, 0.3) is 21.9 Å². The molecule has 0 atom stereocenters. The van der Waals surface area contributed by atoms with Crippen molar-refractivity contribution in [2.24, 2.45) is 20.5 Å². The van der Waals surface area contributed by atoms with Crippen LogP contribution in [0.1, 0.15) is 16.7 Å². The maximum Gasteiger partial charge on any atom is 0.296 e. The number of rotatable bonds is 15. The van der Waals surface area contributed by atoms with E-state index in [1.807, 2.05) is 12.1 Å². The third kappa shape index (κ3) is 11.9. The largest absolute Gasteiger partial charge is 0.339 e. The van der Waals surface area contributed by atoms with Crippen LogP contribution in [0.15, 0.2) is 135 Å². The van der Waals surface area contributed by atoms with E-state index in [9.17, 15) is 75.4 Å². The van der Waals surface area contributed by atoms with Crippen LogP contribution in [0.3, 0.4) is 0 Å². The van der Waals surface area contributed by atoms with E-state index in [1.165, 1.54) is 30.8 Å². The van der Waals surface area contributed by atoms with Gasteiger partial charge in [0.1, 0.15) is 48.0 Å². The van der Waals surface area contributed by atoms with Crippen LogP contribution < -0.4 is 10.6 Å². The molecule has 0 radical (unpaired) electrons. The summed E-state index contributed by atoms with van der Waals surface area (Å²) in [7, 11) is -25.7. The normalized spacial score (nSPS) is 12.6. The molecule has 0 bridgehead atoms. The number of nitriles is 2. The zero-order chi connectivity index (χ0) is 54.5. The molecule has 7 rings (SSSR count). The van der Waals surface area contributed by atoms with E-state index in [0.717, 1.165) is 35.2 Å². The first-order valence-electron chi connectivity index (χ1n) is 19.5. The molecule has 7 N–H and O–H groups in total. The maximum atomic E-state index is 12.7. The Kier molecular flexibility index (Phi) is 15.4. The van der Waals surface area contributed by atoms with Gasteiger partial charge in [0.15, 0.2) is 16.6 Å². The predicted octanol–water partition coefficient (Wildman–Crippen LogP) is 10.6. The highest BCUT2D eigenvalue weighted by Crippen LogP contribution is 2.49. The Morgan fingerprint density at radius 2 is 1.08 bits per heavy atom. The van der Waals surface area contributed by atoms with Gasteiger partial charge in [-0.2, -0.15) is 52.6 Å². The van der Waals surface area contributed by atoms with E-state index in [4.69, 9.17) is 23.2 Å². The summed E-state index contributed by atoms with van der Waals surface area (Å²) >= 11 is 14.1. The van der Waals surface area contributed by atoms with Crippen molar-refractivity contribution >= 4 is 152 Å². The molecule has 2 aromatic heterocycles. The van der Waals surface area contributed by atoms with Crippen molar-refractivity contribution in [2.45, 2.75) is 36.3 Å². The Labute approximate surface area is 437 Å². The second-order valence-electron chi connectivity index (χ2n) is 14.8. The summed E-state index contributed by atoms with van der Waals surface area (Å²) in [4.78, 5) is 0.342. The summed E-state index contributed by atoms with van der Waals surface area (Å²) in [6, 6.07) is 19.7. The third-order valence-corrected chi connectivity index (χ3v) is 17.1. The van der Waals surface area contributed by atoms with E-state index < -0.39 is 91.5 Å². The minimum Gasteiger partial charge on any atom is -0.339 e. The molecule has 0 saturated heterocycles. The fourth-order valence-corrected chi connectivity index (χ4v) is 12.2. The highest BCUT2D eigenvalue weighted by atomic mass is 35.5. The number of thioether (sulfide) groups is 1. The van der Waals surface area contributed by atoms with E-state index in [1.54, 1.807) is 30.5 Å². The molecule has 7 aromatic rings. The summed E-state index contributed by atoms with van der Waals surface area (Å²) in [5, 5.41) is 41.2. The minimum absolute atomic E-state index is 0.00551. The minimum atomic E-state index is -5.39. The number of pyridine rings is 1. The van der Waals surface area contributed by atoms with Crippen LogP contribution in [0.2, 0.25) is 10.0 Å². The number of anilines is 4. The monoisotopic (exact) mass is 1180 g/mol. The van der Waals surface area contributed by atoms with Crippen molar-refractivity contribution in [1.82, 2.24) is 4.98 Å². The molecule has 0 aliphatic rings. The first-order chi connectivity index (χ1) is 34.4. The zero-order valence-corrected chi connectivity index (χ0v) is 43.9. The van der Waals surface area contributed by atoms with Crippen LogP contribution in [0.5, 0.6) is 0 Å². The van der Waals surface area contributed by atoms with Gasteiger partial charge in [-0.3, -0.25) is 22.8 Å². The first kappa shape index (κ1) is 55.2. The molecule has 382 valence electrons. The quantitative estimate of drug-likeness (QED) is 0.0285. The van der Waals surface area contributed by atoms with Crippen molar-refractivity contribution in [3.8, 4) is 23.3 Å². The number of azo groups is 2. The molecule has 0 spiro atoms. The van der Waals surface area contributed by atoms with Crippen LogP contribution in [0, 0.1) is 29.6 Å². The fourth-order valence-electron chi connectivity index (χ4n) is 6.83. The second-order valence-corrected chi connectivity index (χ2v) is 24.5. The maximum absolute atomic E-state index is 12.7. The molecule has 74 heavy (non-hydrogen) atoms.